The summed E-state index contributed by atoms with van der Waals surface area (Å²) >= 11 is 0. The molecule has 2 aromatic rings. The smallest absolute Gasteiger partial charge is 0.337 e. The van der Waals surface area contributed by atoms with Gasteiger partial charge in [0.05, 0.1) is 19.8 Å². The summed E-state index contributed by atoms with van der Waals surface area (Å²) in [5.41, 5.74) is 0.854. The fourth-order valence-corrected chi connectivity index (χ4v) is 2.00. The molecular weight excluding hydrogens is 310 g/mol. The summed E-state index contributed by atoms with van der Waals surface area (Å²) in [6.45, 7) is 1.64. The summed E-state index contributed by atoms with van der Waals surface area (Å²) in [7, 11) is 2.88. The zero-order valence-corrected chi connectivity index (χ0v) is 13.7. The van der Waals surface area contributed by atoms with Crippen LogP contribution in [-0.4, -0.2) is 32.2 Å². The van der Waals surface area contributed by atoms with Gasteiger partial charge < -0.3 is 19.5 Å². The van der Waals surface area contributed by atoms with Crippen LogP contribution in [0.5, 0.6) is 11.5 Å². The van der Waals surface area contributed by atoms with Gasteiger partial charge in [-0.15, -0.1) is 0 Å². The number of carbonyl (C=O) groups excluding carboxylic acids is 2. The lowest BCUT2D eigenvalue weighted by molar-refractivity contribution is -0.122. The van der Waals surface area contributed by atoms with Gasteiger partial charge in [-0.2, -0.15) is 0 Å². The Morgan fingerprint density at radius 2 is 1.67 bits per heavy atom. The highest BCUT2D eigenvalue weighted by atomic mass is 16.5. The Labute approximate surface area is 140 Å². The number of hydrogen-bond acceptors (Lipinski definition) is 5. The molecule has 2 aromatic carbocycles. The molecule has 126 valence electrons. The molecule has 2 rings (SSSR count). The van der Waals surface area contributed by atoms with Crippen LogP contribution in [0.1, 0.15) is 17.3 Å². The SMILES string of the molecule is COC(=O)c1cccc(NC(=O)[C@H](C)Oc2ccc(OC)cc2)c1. The first-order valence-corrected chi connectivity index (χ1v) is 7.33. The summed E-state index contributed by atoms with van der Waals surface area (Å²) in [4.78, 5) is 23.7. The number of ether oxygens (including phenoxy) is 3. The molecule has 0 aliphatic rings. The van der Waals surface area contributed by atoms with Crippen molar-refractivity contribution in [3.63, 3.8) is 0 Å². The minimum absolute atomic E-state index is 0.326. The van der Waals surface area contributed by atoms with Crippen molar-refractivity contribution < 1.29 is 23.8 Å². The predicted molar refractivity (Wildman–Crippen MR) is 89.5 cm³/mol. The van der Waals surface area contributed by atoms with E-state index >= 15 is 0 Å². The zero-order valence-electron chi connectivity index (χ0n) is 13.7. The maximum atomic E-state index is 12.2. The predicted octanol–water partition coefficient (Wildman–Crippen LogP) is 2.89. The molecule has 0 radical (unpaired) electrons. The summed E-state index contributed by atoms with van der Waals surface area (Å²) in [6.07, 6.45) is -0.708. The highest BCUT2D eigenvalue weighted by Crippen LogP contribution is 2.19. The summed E-state index contributed by atoms with van der Waals surface area (Å²) in [6, 6.07) is 13.4. The standard InChI is InChI=1S/C18H19NO5/c1-12(24-16-9-7-15(22-2)8-10-16)17(20)19-14-6-4-5-13(11-14)18(21)23-3/h4-12H,1-3H3,(H,19,20)/t12-/m0/s1. The van der Waals surface area contributed by atoms with Gasteiger partial charge in [-0.1, -0.05) is 6.07 Å². The molecule has 0 saturated carbocycles. The first kappa shape index (κ1) is 17.3. The topological polar surface area (TPSA) is 73.9 Å². The van der Waals surface area contributed by atoms with Gasteiger partial charge in [0.25, 0.3) is 5.91 Å². The van der Waals surface area contributed by atoms with Crippen LogP contribution in [0.25, 0.3) is 0 Å². The molecule has 0 aromatic heterocycles. The zero-order chi connectivity index (χ0) is 17.5. The molecule has 0 fully saturated rings. The molecule has 6 nitrogen and oxygen atoms in total. The minimum Gasteiger partial charge on any atom is -0.497 e. The van der Waals surface area contributed by atoms with Gasteiger partial charge in [0.2, 0.25) is 0 Å². The first-order valence-electron chi connectivity index (χ1n) is 7.33. The van der Waals surface area contributed by atoms with Gasteiger partial charge in [0.15, 0.2) is 6.10 Å². The van der Waals surface area contributed by atoms with E-state index in [0.29, 0.717) is 22.7 Å². The van der Waals surface area contributed by atoms with Gasteiger partial charge in [0, 0.05) is 5.69 Å². The Morgan fingerprint density at radius 1 is 1.00 bits per heavy atom. The molecular formula is C18H19NO5. The third-order valence-corrected chi connectivity index (χ3v) is 3.29. The van der Waals surface area contributed by atoms with E-state index in [1.165, 1.54) is 7.11 Å². The van der Waals surface area contributed by atoms with Gasteiger partial charge in [-0.3, -0.25) is 4.79 Å². The number of benzene rings is 2. The second-order valence-corrected chi connectivity index (χ2v) is 5.00. The van der Waals surface area contributed by atoms with Gasteiger partial charge >= 0.3 is 5.97 Å². The van der Waals surface area contributed by atoms with E-state index in [9.17, 15) is 9.59 Å². The van der Waals surface area contributed by atoms with E-state index in [0.717, 1.165) is 0 Å². The van der Waals surface area contributed by atoms with Crippen molar-refractivity contribution in [1.82, 2.24) is 0 Å². The Morgan fingerprint density at radius 3 is 2.29 bits per heavy atom. The number of hydrogen-bond donors (Lipinski definition) is 1. The van der Waals surface area contributed by atoms with Crippen molar-refractivity contribution in [2.75, 3.05) is 19.5 Å². The molecule has 0 saturated heterocycles. The third-order valence-electron chi connectivity index (χ3n) is 3.29. The molecule has 0 aliphatic heterocycles. The fourth-order valence-electron chi connectivity index (χ4n) is 2.00. The molecule has 0 aliphatic carbocycles. The lowest BCUT2D eigenvalue weighted by Crippen LogP contribution is -2.30. The van der Waals surface area contributed by atoms with Crippen molar-refractivity contribution in [2.45, 2.75) is 13.0 Å². The maximum Gasteiger partial charge on any atom is 0.337 e. The van der Waals surface area contributed by atoms with E-state index in [2.05, 4.69) is 10.1 Å². The minimum atomic E-state index is -0.708. The second kappa shape index (κ2) is 8.01. The van der Waals surface area contributed by atoms with E-state index < -0.39 is 12.1 Å². The van der Waals surface area contributed by atoms with Crippen molar-refractivity contribution in [2.24, 2.45) is 0 Å². The van der Waals surface area contributed by atoms with Crippen LogP contribution in [0.15, 0.2) is 48.5 Å². The number of amides is 1. The molecule has 0 heterocycles. The monoisotopic (exact) mass is 329 g/mol. The molecule has 1 N–H and O–H groups in total. The van der Waals surface area contributed by atoms with E-state index in [1.807, 2.05) is 0 Å². The largest absolute Gasteiger partial charge is 0.497 e. The Balaban J connectivity index is 1.99. The number of carbonyl (C=O) groups is 2. The Hall–Kier alpha value is -3.02. The third kappa shape index (κ3) is 4.49. The van der Waals surface area contributed by atoms with Crippen LogP contribution in [0, 0.1) is 0 Å². The van der Waals surface area contributed by atoms with Crippen LogP contribution in [-0.2, 0) is 9.53 Å². The number of anilines is 1. The molecule has 1 atom stereocenters. The average Bonchev–Trinajstić information content (AvgIpc) is 2.61. The lowest BCUT2D eigenvalue weighted by atomic mass is 10.2. The normalized spacial score (nSPS) is 11.3. The van der Waals surface area contributed by atoms with Crippen LogP contribution >= 0.6 is 0 Å². The fraction of sp³-hybridized carbons (Fsp3) is 0.222. The van der Waals surface area contributed by atoms with Gasteiger partial charge in [-0.25, -0.2) is 4.79 Å². The van der Waals surface area contributed by atoms with Crippen molar-refractivity contribution >= 4 is 17.6 Å². The van der Waals surface area contributed by atoms with Gasteiger partial charge in [-0.05, 0) is 49.4 Å². The van der Waals surface area contributed by atoms with E-state index in [1.54, 1.807) is 62.6 Å². The molecule has 24 heavy (non-hydrogen) atoms. The number of methoxy groups -OCH3 is 2. The van der Waals surface area contributed by atoms with Crippen molar-refractivity contribution in [3.8, 4) is 11.5 Å². The number of rotatable bonds is 6. The van der Waals surface area contributed by atoms with Crippen LogP contribution in [0.2, 0.25) is 0 Å². The van der Waals surface area contributed by atoms with Crippen LogP contribution in [0.3, 0.4) is 0 Å². The molecule has 0 spiro atoms. The maximum absolute atomic E-state index is 12.2. The van der Waals surface area contributed by atoms with E-state index in [4.69, 9.17) is 9.47 Å². The second-order valence-electron chi connectivity index (χ2n) is 5.00. The number of esters is 1. The summed E-state index contributed by atoms with van der Waals surface area (Å²) in [5, 5.41) is 2.71. The average molecular weight is 329 g/mol. The number of nitrogens with one attached hydrogen (secondary N) is 1. The van der Waals surface area contributed by atoms with Gasteiger partial charge in [0.1, 0.15) is 11.5 Å². The van der Waals surface area contributed by atoms with Crippen LogP contribution in [0.4, 0.5) is 5.69 Å². The summed E-state index contributed by atoms with van der Waals surface area (Å²) in [5.74, 6) is 0.474. The van der Waals surface area contributed by atoms with Crippen LogP contribution < -0.4 is 14.8 Å². The Kier molecular flexibility index (Phi) is 5.78. The summed E-state index contributed by atoms with van der Waals surface area (Å²) < 4.78 is 15.3. The molecule has 0 bridgehead atoms. The lowest BCUT2D eigenvalue weighted by Gasteiger charge is -2.15. The Bertz CT molecular complexity index is 712. The highest BCUT2D eigenvalue weighted by molar-refractivity contribution is 5.96. The van der Waals surface area contributed by atoms with Crippen molar-refractivity contribution in [1.29, 1.82) is 0 Å². The quantitative estimate of drug-likeness (QED) is 0.825. The van der Waals surface area contributed by atoms with E-state index in [-0.39, 0.29) is 5.91 Å². The highest BCUT2D eigenvalue weighted by Gasteiger charge is 2.16. The van der Waals surface area contributed by atoms with Crippen molar-refractivity contribution in [3.05, 3.63) is 54.1 Å². The first-order chi connectivity index (χ1) is 11.5. The molecule has 1 amide bonds. The molecule has 0 unspecified atom stereocenters. The molecule has 6 heteroatoms.